The second-order valence-corrected chi connectivity index (χ2v) is 7.36. The molecule has 2 fully saturated rings. The van der Waals surface area contributed by atoms with Gasteiger partial charge in [0.25, 0.3) is 0 Å². The summed E-state index contributed by atoms with van der Waals surface area (Å²) in [6.07, 6.45) is 8.38. The van der Waals surface area contributed by atoms with Crippen molar-refractivity contribution in [2.75, 3.05) is 6.61 Å². The highest BCUT2D eigenvalue weighted by atomic mass is 32.1. The number of nitrogens with one attached hydrogen (secondary N) is 1. The van der Waals surface area contributed by atoms with E-state index in [0.717, 1.165) is 13.0 Å². The Hall–Kier alpha value is -0.380. The Bertz CT molecular complexity index is 411. The molecule has 2 nitrogen and oxygen atoms in total. The average molecular weight is 293 g/mol. The molecule has 0 bridgehead atoms. The van der Waals surface area contributed by atoms with Crippen LogP contribution in [0.4, 0.5) is 0 Å². The number of hydrogen-bond acceptors (Lipinski definition) is 3. The minimum atomic E-state index is 0.457. The second kappa shape index (κ2) is 6.17. The van der Waals surface area contributed by atoms with Crippen LogP contribution in [0.3, 0.4) is 0 Å². The third kappa shape index (κ3) is 2.68. The van der Waals surface area contributed by atoms with E-state index in [-0.39, 0.29) is 0 Å². The Morgan fingerprint density at radius 2 is 2.25 bits per heavy atom. The van der Waals surface area contributed by atoms with Crippen LogP contribution in [-0.4, -0.2) is 24.8 Å². The summed E-state index contributed by atoms with van der Waals surface area (Å²) < 4.78 is 5.99. The minimum Gasteiger partial charge on any atom is -0.378 e. The predicted octanol–water partition coefficient (Wildman–Crippen LogP) is 4.01. The number of rotatable bonds is 6. The van der Waals surface area contributed by atoms with Gasteiger partial charge in [0.15, 0.2) is 0 Å². The normalized spacial score (nSPS) is 29.5. The lowest BCUT2D eigenvalue weighted by atomic mass is 9.60. The predicted molar refractivity (Wildman–Crippen MR) is 85.3 cm³/mol. The molecule has 0 amide bonds. The van der Waals surface area contributed by atoms with Crippen molar-refractivity contribution in [2.45, 2.75) is 70.6 Å². The average Bonchev–Trinajstić information content (AvgIpc) is 3.09. The van der Waals surface area contributed by atoms with Crippen LogP contribution in [0.2, 0.25) is 0 Å². The first-order valence-electron chi connectivity index (χ1n) is 8.13. The summed E-state index contributed by atoms with van der Waals surface area (Å²) in [4.78, 5) is 0. The molecule has 1 N–H and O–H groups in total. The molecule has 3 atom stereocenters. The van der Waals surface area contributed by atoms with Gasteiger partial charge in [-0.05, 0) is 61.9 Å². The molecule has 0 radical (unpaired) electrons. The van der Waals surface area contributed by atoms with E-state index in [9.17, 15) is 0 Å². The molecule has 1 aromatic rings. The van der Waals surface area contributed by atoms with Crippen LogP contribution in [0.15, 0.2) is 16.8 Å². The Morgan fingerprint density at radius 1 is 1.45 bits per heavy atom. The third-order valence-electron chi connectivity index (χ3n) is 5.29. The third-order valence-corrected chi connectivity index (χ3v) is 6.03. The lowest BCUT2D eigenvalue weighted by molar-refractivity contribution is -0.132. The maximum atomic E-state index is 5.99. The first-order valence-corrected chi connectivity index (χ1v) is 9.07. The van der Waals surface area contributed by atoms with Crippen molar-refractivity contribution in [3.05, 3.63) is 22.4 Å². The Balaban J connectivity index is 1.57. The van der Waals surface area contributed by atoms with Crippen molar-refractivity contribution >= 4 is 11.3 Å². The summed E-state index contributed by atoms with van der Waals surface area (Å²) >= 11 is 1.80. The molecule has 3 rings (SSSR count). The largest absolute Gasteiger partial charge is 0.378 e. The minimum absolute atomic E-state index is 0.457. The summed E-state index contributed by atoms with van der Waals surface area (Å²) in [5.41, 5.74) is 1.93. The number of ether oxygens (including phenoxy) is 1. The van der Waals surface area contributed by atoms with Gasteiger partial charge in [-0.15, -0.1) is 0 Å². The van der Waals surface area contributed by atoms with Crippen LogP contribution in [-0.2, 0) is 11.2 Å². The van der Waals surface area contributed by atoms with Crippen molar-refractivity contribution in [1.82, 2.24) is 5.32 Å². The molecule has 2 aliphatic rings. The first kappa shape index (κ1) is 14.6. The summed E-state index contributed by atoms with van der Waals surface area (Å²) in [7, 11) is 0. The summed E-state index contributed by atoms with van der Waals surface area (Å²) in [5, 5.41) is 8.35. The standard InChI is InChI=1S/C17H27NOS/c1-3-19-16-11-15(17(16)7-4-5-8-17)18-13(2)10-14-6-9-20-12-14/h6,9,12-13,15-16,18H,3-5,7-8,10-11H2,1-2H3. The quantitative estimate of drug-likeness (QED) is 0.856. The van der Waals surface area contributed by atoms with Crippen LogP contribution in [0.5, 0.6) is 0 Å². The van der Waals surface area contributed by atoms with E-state index >= 15 is 0 Å². The molecule has 2 saturated carbocycles. The molecule has 1 spiro atoms. The van der Waals surface area contributed by atoms with Gasteiger partial charge in [-0.25, -0.2) is 0 Å². The van der Waals surface area contributed by atoms with Gasteiger partial charge in [0.05, 0.1) is 6.10 Å². The van der Waals surface area contributed by atoms with Crippen LogP contribution < -0.4 is 5.32 Å². The van der Waals surface area contributed by atoms with Gasteiger partial charge in [-0.3, -0.25) is 0 Å². The van der Waals surface area contributed by atoms with Crippen molar-refractivity contribution in [3.63, 3.8) is 0 Å². The highest BCUT2D eigenvalue weighted by Gasteiger charge is 2.56. The lowest BCUT2D eigenvalue weighted by Gasteiger charge is -2.55. The topological polar surface area (TPSA) is 21.3 Å². The van der Waals surface area contributed by atoms with Gasteiger partial charge >= 0.3 is 0 Å². The van der Waals surface area contributed by atoms with Crippen LogP contribution in [0.25, 0.3) is 0 Å². The smallest absolute Gasteiger partial charge is 0.0661 e. The molecule has 3 heteroatoms. The fourth-order valence-corrected chi connectivity index (χ4v) is 4.97. The SMILES string of the molecule is CCOC1CC(NC(C)Cc2ccsc2)C12CCCC2. The van der Waals surface area contributed by atoms with Crippen molar-refractivity contribution < 1.29 is 4.74 Å². The van der Waals surface area contributed by atoms with Gasteiger partial charge in [-0.1, -0.05) is 12.8 Å². The van der Waals surface area contributed by atoms with Gasteiger partial charge in [-0.2, -0.15) is 11.3 Å². The Labute approximate surface area is 126 Å². The molecule has 1 heterocycles. The monoisotopic (exact) mass is 293 g/mol. The van der Waals surface area contributed by atoms with E-state index in [1.165, 1.54) is 37.7 Å². The summed E-state index contributed by atoms with van der Waals surface area (Å²) in [6.45, 7) is 5.32. The van der Waals surface area contributed by atoms with E-state index in [2.05, 4.69) is 36.0 Å². The molecule has 112 valence electrons. The number of hydrogen-bond donors (Lipinski definition) is 1. The Kier molecular flexibility index (Phi) is 4.49. The second-order valence-electron chi connectivity index (χ2n) is 6.58. The van der Waals surface area contributed by atoms with Crippen LogP contribution in [0.1, 0.15) is 51.5 Å². The van der Waals surface area contributed by atoms with E-state index in [1.807, 2.05) is 0 Å². The highest BCUT2D eigenvalue weighted by Crippen LogP contribution is 2.54. The zero-order valence-electron chi connectivity index (χ0n) is 12.7. The molecule has 1 aromatic heterocycles. The molecule has 3 unspecified atom stereocenters. The molecular weight excluding hydrogens is 266 g/mol. The van der Waals surface area contributed by atoms with Gasteiger partial charge < -0.3 is 10.1 Å². The zero-order valence-corrected chi connectivity index (χ0v) is 13.5. The zero-order chi connectivity index (χ0) is 14.0. The Morgan fingerprint density at radius 3 is 2.90 bits per heavy atom. The van der Waals surface area contributed by atoms with Crippen molar-refractivity contribution in [2.24, 2.45) is 5.41 Å². The van der Waals surface area contributed by atoms with Crippen LogP contribution >= 0.6 is 11.3 Å². The summed E-state index contributed by atoms with van der Waals surface area (Å²) in [6, 6.07) is 3.49. The van der Waals surface area contributed by atoms with Gasteiger partial charge in [0.1, 0.15) is 0 Å². The molecule has 0 saturated heterocycles. The fraction of sp³-hybridized carbons (Fsp3) is 0.765. The molecule has 0 aromatic carbocycles. The maximum absolute atomic E-state index is 5.99. The van der Waals surface area contributed by atoms with Crippen LogP contribution in [0, 0.1) is 5.41 Å². The van der Waals surface area contributed by atoms with E-state index in [1.54, 1.807) is 11.3 Å². The lowest BCUT2D eigenvalue weighted by Crippen LogP contribution is -2.64. The maximum Gasteiger partial charge on any atom is 0.0661 e. The number of thiophene rings is 1. The highest BCUT2D eigenvalue weighted by molar-refractivity contribution is 7.07. The fourth-order valence-electron chi connectivity index (χ4n) is 4.28. The molecule has 20 heavy (non-hydrogen) atoms. The van der Waals surface area contributed by atoms with E-state index in [4.69, 9.17) is 4.74 Å². The van der Waals surface area contributed by atoms with E-state index in [0.29, 0.717) is 23.6 Å². The first-order chi connectivity index (χ1) is 9.74. The van der Waals surface area contributed by atoms with E-state index < -0.39 is 0 Å². The molecular formula is C17H27NOS. The molecule has 0 aliphatic heterocycles. The molecule has 2 aliphatic carbocycles. The summed E-state index contributed by atoms with van der Waals surface area (Å²) in [5.74, 6) is 0. The van der Waals surface area contributed by atoms with Gasteiger partial charge in [0.2, 0.25) is 0 Å². The van der Waals surface area contributed by atoms with Crippen molar-refractivity contribution in [1.29, 1.82) is 0 Å². The van der Waals surface area contributed by atoms with Crippen molar-refractivity contribution in [3.8, 4) is 0 Å². The van der Waals surface area contributed by atoms with Gasteiger partial charge in [0, 0.05) is 24.1 Å².